The summed E-state index contributed by atoms with van der Waals surface area (Å²) in [5, 5.41) is 2.69. The van der Waals surface area contributed by atoms with Crippen molar-refractivity contribution in [2.45, 2.75) is 24.5 Å². The second-order valence-corrected chi connectivity index (χ2v) is 5.43. The van der Waals surface area contributed by atoms with Crippen LogP contribution >= 0.6 is 11.8 Å². The summed E-state index contributed by atoms with van der Waals surface area (Å²) in [6, 6.07) is 4.07. The van der Waals surface area contributed by atoms with Crippen molar-refractivity contribution >= 4 is 29.0 Å². The van der Waals surface area contributed by atoms with Gasteiger partial charge in [-0.1, -0.05) is 6.42 Å². The first-order valence-electron chi connectivity index (χ1n) is 5.64. The number of carbonyl (C=O) groups is 1. The van der Waals surface area contributed by atoms with Gasteiger partial charge in [0.2, 0.25) is 5.91 Å². The van der Waals surface area contributed by atoms with E-state index >= 15 is 0 Å². The molecule has 0 aliphatic carbocycles. The molecular formula is C12H15FN2OS. The van der Waals surface area contributed by atoms with E-state index in [1.54, 1.807) is 17.8 Å². The Hall–Kier alpha value is -1.23. The van der Waals surface area contributed by atoms with Crippen LogP contribution in [0, 0.1) is 5.82 Å². The maximum atomic E-state index is 13.1. The number of carbonyl (C=O) groups excluding carboxylic acids is 1. The van der Waals surface area contributed by atoms with E-state index in [1.807, 2.05) is 0 Å². The summed E-state index contributed by atoms with van der Waals surface area (Å²) in [5.41, 5.74) is 6.26. The largest absolute Gasteiger partial charge is 0.399 e. The summed E-state index contributed by atoms with van der Waals surface area (Å²) in [4.78, 5) is 11.9. The van der Waals surface area contributed by atoms with Crippen LogP contribution in [0.15, 0.2) is 18.2 Å². The molecule has 1 amide bonds. The SMILES string of the molecule is Nc1cc(F)cc(NC(=O)C2CCCCS2)c1. The van der Waals surface area contributed by atoms with Gasteiger partial charge in [-0.3, -0.25) is 4.79 Å². The molecule has 1 heterocycles. The first-order chi connectivity index (χ1) is 8.15. The number of benzene rings is 1. The zero-order valence-corrected chi connectivity index (χ0v) is 10.2. The second kappa shape index (κ2) is 5.40. The zero-order chi connectivity index (χ0) is 12.3. The van der Waals surface area contributed by atoms with Crippen LogP contribution in [0.1, 0.15) is 19.3 Å². The van der Waals surface area contributed by atoms with Crippen LogP contribution in [-0.4, -0.2) is 16.9 Å². The van der Waals surface area contributed by atoms with Crippen LogP contribution in [0.3, 0.4) is 0 Å². The average Bonchev–Trinajstić information content (AvgIpc) is 2.28. The lowest BCUT2D eigenvalue weighted by Crippen LogP contribution is -2.27. The Morgan fingerprint density at radius 2 is 2.24 bits per heavy atom. The van der Waals surface area contributed by atoms with Gasteiger partial charge in [-0.25, -0.2) is 4.39 Å². The van der Waals surface area contributed by atoms with Gasteiger partial charge < -0.3 is 11.1 Å². The van der Waals surface area contributed by atoms with Gasteiger partial charge in [0.05, 0.1) is 5.25 Å². The lowest BCUT2D eigenvalue weighted by atomic mass is 10.1. The van der Waals surface area contributed by atoms with Crippen molar-refractivity contribution < 1.29 is 9.18 Å². The number of anilines is 2. The molecule has 1 unspecified atom stereocenters. The van der Waals surface area contributed by atoms with Crippen molar-refractivity contribution in [2.24, 2.45) is 0 Å². The predicted octanol–water partition coefficient (Wildman–Crippen LogP) is 2.63. The number of hydrogen-bond donors (Lipinski definition) is 2. The molecule has 2 rings (SSSR count). The van der Waals surface area contributed by atoms with E-state index in [1.165, 1.54) is 18.6 Å². The summed E-state index contributed by atoms with van der Waals surface area (Å²) < 4.78 is 13.1. The van der Waals surface area contributed by atoms with Gasteiger partial charge >= 0.3 is 0 Å². The molecule has 0 saturated carbocycles. The topological polar surface area (TPSA) is 55.1 Å². The van der Waals surface area contributed by atoms with Crippen molar-refractivity contribution in [1.29, 1.82) is 0 Å². The smallest absolute Gasteiger partial charge is 0.237 e. The van der Waals surface area contributed by atoms with Crippen molar-refractivity contribution in [2.75, 3.05) is 16.8 Å². The average molecular weight is 254 g/mol. The Bertz CT molecular complexity index is 399. The minimum atomic E-state index is -0.434. The molecule has 3 nitrogen and oxygen atoms in total. The third-order valence-electron chi connectivity index (χ3n) is 2.66. The molecule has 3 N–H and O–H groups in total. The molecule has 92 valence electrons. The van der Waals surface area contributed by atoms with Crippen LogP contribution in [0.4, 0.5) is 15.8 Å². The molecule has 0 bridgehead atoms. The Kier molecular flexibility index (Phi) is 3.89. The van der Waals surface area contributed by atoms with E-state index in [0.29, 0.717) is 11.4 Å². The van der Waals surface area contributed by atoms with Crippen LogP contribution in [0.5, 0.6) is 0 Å². The molecule has 0 radical (unpaired) electrons. The molecule has 1 atom stereocenters. The fourth-order valence-electron chi connectivity index (χ4n) is 1.85. The highest BCUT2D eigenvalue weighted by Gasteiger charge is 2.21. The van der Waals surface area contributed by atoms with E-state index in [9.17, 15) is 9.18 Å². The van der Waals surface area contributed by atoms with E-state index < -0.39 is 5.82 Å². The summed E-state index contributed by atoms with van der Waals surface area (Å²) in [6.45, 7) is 0. The normalized spacial score (nSPS) is 19.9. The number of amides is 1. The van der Waals surface area contributed by atoms with Gasteiger partial charge in [-0.05, 0) is 36.8 Å². The molecular weight excluding hydrogens is 239 g/mol. The van der Waals surface area contributed by atoms with Gasteiger partial charge in [0.25, 0.3) is 0 Å². The second-order valence-electron chi connectivity index (χ2n) is 4.12. The Morgan fingerprint density at radius 1 is 1.41 bits per heavy atom. The van der Waals surface area contributed by atoms with Crippen LogP contribution < -0.4 is 11.1 Å². The molecule has 1 aliphatic rings. The van der Waals surface area contributed by atoms with Crippen molar-refractivity contribution in [3.63, 3.8) is 0 Å². The highest BCUT2D eigenvalue weighted by atomic mass is 32.2. The van der Waals surface area contributed by atoms with E-state index in [-0.39, 0.29) is 11.2 Å². The lowest BCUT2D eigenvalue weighted by molar-refractivity contribution is -0.115. The number of nitrogens with one attached hydrogen (secondary N) is 1. The molecule has 0 aromatic heterocycles. The van der Waals surface area contributed by atoms with E-state index in [4.69, 9.17) is 5.73 Å². The van der Waals surface area contributed by atoms with Gasteiger partial charge in [-0.15, -0.1) is 11.8 Å². The third-order valence-corrected chi connectivity index (χ3v) is 4.04. The maximum absolute atomic E-state index is 13.1. The minimum absolute atomic E-state index is 0.0201. The summed E-state index contributed by atoms with van der Waals surface area (Å²) in [7, 11) is 0. The molecule has 1 aliphatic heterocycles. The Balaban J connectivity index is 2.01. The lowest BCUT2D eigenvalue weighted by Gasteiger charge is -2.20. The van der Waals surface area contributed by atoms with Crippen LogP contribution in [0.2, 0.25) is 0 Å². The van der Waals surface area contributed by atoms with Crippen molar-refractivity contribution in [1.82, 2.24) is 0 Å². The van der Waals surface area contributed by atoms with Gasteiger partial charge in [0.15, 0.2) is 0 Å². The molecule has 1 saturated heterocycles. The van der Waals surface area contributed by atoms with Gasteiger partial charge in [0, 0.05) is 11.4 Å². The minimum Gasteiger partial charge on any atom is -0.399 e. The van der Waals surface area contributed by atoms with Gasteiger partial charge in [-0.2, -0.15) is 0 Å². The Morgan fingerprint density at radius 3 is 2.88 bits per heavy atom. The number of halogens is 1. The molecule has 1 fully saturated rings. The standard InChI is InChI=1S/C12H15FN2OS/c13-8-5-9(14)7-10(6-8)15-12(16)11-3-1-2-4-17-11/h5-7,11H,1-4,14H2,(H,15,16). The van der Waals surface area contributed by atoms with Crippen molar-refractivity contribution in [3.8, 4) is 0 Å². The fraction of sp³-hybridized carbons (Fsp3) is 0.417. The summed E-state index contributed by atoms with van der Waals surface area (Å²) in [5.74, 6) is 0.528. The summed E-state index contributed by atoms with van der Waals surface area (Å²) >= 11 is 1.66. The number of nitrogen functional groups attached to an aromatic ring is 1. The number of hydrogen-bond acceptors (Lipinski definition) is 3. The Labute approximate surface area is 104 Å². The molecule has 1 aromatic carbocycles. The summed E-state index contributed by atoms with van der Waals surface area (Å²) in [6.07, 6.45) is 3.14. The molecule has 17 heavy (non-hydrogen) atoms. The number of thioether (sulfide) groups is 1. The zero-order valence-electron chi connectivity index (χ0n) is 9.41. The first-order valence-corrected chi connectivity index (χ1v) is 6.68. The molecule has 0 spiro atoms. The van der Waals surface area contributed by atoms with Crippen molar-refractivity contribution in [3.05, 3.63) is 24.0 Å². The molecule has 1 aromatic rings. The maximum Gasteiger partial charge on any atom is 0.237 e. The first kappa shape index (κ1) is 12.2. The molecule has 5 heteroatoms. The van der Waals surface area contributed by atoms with Crippen LogP contribution in [-0.2, 0) is 4.79 Å². The van der Waals surface area contributed by atoms with E-state index in [0.717, 1.165) is 18.6 Å². The van der Waals surface area contributed by atoms with E-state index in [2.05, 4.69) is 5.32 Å². The number of rotatable bonds is 2. The highest BCUT2D eigenvalue weighted by Crippen LogP contribution is 2.26. The van der Waals surface area contributed by atoms with Crippen LogP contribution in [0.25, 0.3) is 0 Å². The van der Waals surface area contributed by atoms with Gasteiger partial charge in [0.1, 0.15) is 5.82 Å². The highest BCUT2D eigenvalue weighted by molar-refractivity contribution is 8.00. The number of nitrogens with two attached hydrogens (primary N) is 1. The fourth-order valence-corrected chi connectivity index (χ4v) is 3.05. The quantitative estimate of drug-likeness (QED) is 0.798. The predicted molar refractivity (Wildman–Crippen MR) is 69.5 cm³/mol. The monoisotopic (exact) mass is 254 g/mol. The third kappa shape index (κ3) is 3.36.